The van der Waals surface area contributed by atoms with Gasteiger partial charge in [0.25, 0.3) is 11.8 Å². The molecular formula is C19H21N3O4. The SMILES string of the molecule is COc1cccc(C(=O)N[C@@H]2CCN(C(=O)c3ccccn3)C[C@H]2O)c1. The molecule has 1 aliphatic rings. The number of nitrogens with zero attached hydrogens (tertiary/aromatic N) is 2. The van der Waals surface area contributed by atoms with Gasteiger partial charge in [-0.3, -0.25) is 14.6 Å². The standard InChI is InChI=1S/C19H21N3O4/c1-26-14-6-4-5-13(11-14)18(24)21-15-8-10-22(12-17(15)23)19(25)16-7-2-3-9-20-16/h2-7,9,11,15,17,23H,8,10,12H2,1H3,(H,21,24)/t15-,17-/m1/s1. The molecule has 0 bridgehead atoms. The van der Waals surface area contributed by atoms with E-state index in [0.29, 0.717) is 30.0 Å². The van der Waals surface area contributed by atoms with Crippen LogP contribution in [0.3, 0.4) is 0 Å². The molecule has 0 saturated carbocycles. The van der Waals surface area contributed by atoms with Gasteiger partial charge in [0, 0.05) is 24.8 Å². The van der Waals surface area contributed by atoms with Crippen LogP contribution in [0.2, 0.25) is 0 Å². The number of pyridine rings is 1. The summed E-state index contributed by atoms with van der Waals surface area (Å²) in [5, 5.41) is 13.2. The van der Waals surface area contributed by atoms with Gasteiger partial charge in [-0.1, -0.05) is 12.1 Å². The highest BCUT2D eigenvalue weighted by atomic mass is 16.5. The van der Waals surface area contributed by atoms with Crippen molar-refractivity contribution < 1.29 is 19.4 Å². The third-order valence-corrected chi connectivity index (χ3v) is 4.40. The van der Waals surface area contributed by atoms with Gasteiger partial charge in [-0.25, -0.2) is 0 Å². The van der Waals surface area contributed by atoms with Crippen LogP contribution >= 0.6 is 0 Å². The monoisotopic (exact) mass is 355 g/mol. The van der Waals surface area contributed by atoms with Gasteiger partial charge in [-0.05, 0) is 36.8 Å². The molecule has 2 N–H and O–H groups in total. The van der Waals surface area contributed by atoms with Crippen molar-refractivity contribution in [3.05, 3.63) is 59.9 Å². The molecule has 2 amide bonds. The average molecular weight is 355 g/mol. The molecule has 2 heterocycles. The van der Waals surface area contributed by atoms with Crippen molar-refractivity contribution in [2.75, 3.05) is 20.2 Å². The van der Waals surface area contributed by atoms with Gasteiger partial charge in [0.15, 0.2) is 0 Å². The lowest BCUT2D eigenvalue weighted by molar-refractivity contribution is 0.0311. The zero-order valence-electron chi connectivity index (χ0n) is 14.5. The van der Waals surface area contributed by atoms with Crippen LogP contribution in [-0.2, 0) is 0 Å². The highest BCUT2D eigenvalue weighted by Crippen LogP contribution is 2.16. The Hall–Kier alpha value is -2.93. The van der Waals surface area contributed by atoms with Crippen molar-refractivity contribution in [2.24, 2.45) is 0 Å². The maximum Gasteiger partial charge on any atom is 0.272 e. The molecule has 7 nitrogen and oxygen atoms in total. The Bertz CT molecular complexity index is 781. The molecule has 2 atom stereocenters. The molecule has 1 fully saturated rings. The highest BCUT2D eigenvalue weighted by molar-refractivity contribution is 5.95. The Morgan fingerprint density at radius 1 is 1.27 bits per heavy atom. The number of methoxy groups -OCH3 is 1. The Labute approximate surface area is 151 Å². The lowest BCUT2D eigenvalue weighted by Crippen LogP contribution is -2.55. The molecule has 136 valence electrons. The summed E-state index contributed by atoms with van der Waals surface area (Å²) < 4.78 is 5.12. The quantitative estimate of drug-likeness (QED) is 0.857. The fourth-order valence-corrected chi connectivity index (χ4v) is 2.95. The van der Waals surface area contributed by atoms with E-state index in [0.717, 1.165) is 0 Å². The van der Waals surface area contributed by atoms with Crippen LogP contribution in [0.4, 0.5) is 0 Å². The molecular weight excluding hydrogens is 334 g/mol. The van der Waals surface area contributed by atoms with Crippen LogP contribution in [0.1, 0.15) is 27.3 Å². The zero-order chi connectivity index (χ0) is 18.5. The molecule has 2 aromatic rings. The number of rotatable bonds is 4. The maximum atomic E-state index is 12.4. The summed E-state index contributed by atoms with van der Waals surface area (Å²) in [6, 6.07) is 11.5. The minimum atomic E-state index is -0.842. The summed E-state index contributed by atoms with van der Waals surface area (Å²) >= 11 is 0. The van der Waals surface area contributed by atoms with Crippen LogP contribution in [0.25, 0.3) is 0 Å². The van der Waals surface area contributed by atoms with E-state index in [1.54, 1.807) is 53.6 Å². The summed E-state index contributed by atoms with van der Waals surface area (Å²) in [5.74, 6) is 0.0913. The fraction of sp³-hybridized carbons (Fsp3) is 0.316. The minimum Gasteiger partial charge on any atom is -0.497 e. The van der Waals surface area contributed by atoms with E-state index >= 15 is 0 Å². The van der Waals surface area contributed by atoms with Gasteiger partial charge in [-0.15, -0.1) is 0 Å². The van der Waals surface area contributed by atoms with Gasteiger partial charge in [0.05, 0.1) is 19.3 Å². The molecule has 26 heavy (non-hydrogen) atoms. The summed E-state index contributed by atoms with van der Waals surface area (Å²) in [7, 11) is 1.54. The number of piperidine rings is 1. The first kappa shape index (κ1) is 17.9. The second-order valence-electron chi connectivity index (χ2n) is 6.13. The molecule has 0 spiro atoms. The molecule has 0 aliphatic carbocycles. The van der Waals surface area contributed by atoms with E-state index in [-0.39, 0.29) is 18.4 Å². The van der Waals surface area contributed by atoms with Crippen molar-refractivity contribution in [1.29, 1.82) is 0 Å². The number of hydrogen-bond acceptors (Lipinski definition) is 5. The van der Waals surface area contributed by atoms with Crippen molar-refractivity contribution in [1.82, 2.24) is 15.2 Å². The number of likely N-dealkylation sites (tertiary alicyclic amines) is 1. The Kier molecular flexibility index (Phi) is 5.48. The van der Waals surface area contributed by atoms with Crippen LogP contribution in [-0.4, -0.2) is 59.1 Å². The molecule has 0 radical (unpaired) electrons. The second kappa shape index (κ2) is 7.97. The number of aromatic nitrogens is 1. The summed E-state index contributed by atoms with van der Waals surface area (Å²) in [6.07, 6.45) is 1.19. The van der Waals surface area contributed by atoms with E-state index in [1.807, 2.05) is 0 Å². The predicted octanol–water partition coefficient (Wildman–Crippen LogP) is 1.10. The van der Waals surface area contributed by atoms with Crippen molar-refractivity contribution in [3.63, 3.8) is 0 Å². The number of amides is 2. The Morgan fingerprint density at radius 2 is 2.12 bits per heavy atom. The number of aliphatic hydroxyl groups is 1. The number of ether oxygens (including phenoxy) is 1. The topological polar surface area (TPSA) is 91.8 Å². The van der Waals surface area contributed by atoms with Gasteiger partial charge in [0.2, 0.25) is 0 Å². The molecule has 1 aliphatic heterocycles. The number of nitrogens with one attached hydrogen (secondary N) is 1. The lowest BCUT2D eigenvalue weighted by atomic mass is 10.0. The van der Waals surface area contributed by atoms with E-state index in [4.69, 9.17) is 4.74 Å². The number of carbonyl (C=O) groups is 2. The van der Waals surface area contributed by atoms with E-state index < -0.39 is 12.1 Å². The maximum absolute atomic E-state index is 12.4. The third-order valence-electron chi connectivity index (χ3n) is 4.40. The number of carbonyl (C=O) groups excluding carboxylic acids is 2. The first-order valence-electron chi connectivity index (χ1n) is 8.42. The summed E-state index contributed by atoms with van der Waals surface area (Å²) in [6.45, 7) is 0.591. The number of hydrogen-bond donors (Lipinski definition) is 2. The largest absolute Gasteiger partial charge is 0.497 e. The van der Waals surface area contributed by atoms with Crippen LogP contribution in [0.15, 0.2) is 48.7 Å². The van der Waals surface area contributed by atoms with Crippen molar-refractivity contribution in [3.8, 4) is 5.75 Å². The lowest BCUT2D eigenvalue weighted by Gasteiger charge is -2.36. The van der Waals surface area contributed by atoms with Crippen molar-refractivity contribution in [2.45, 2.75) is 18.6 Å². The average Bonchev–Trinajstić information content (AvgIpc) is 2.69. The normalized spacial score (nSPS) is 19.7. The minimum absolute atomic E-state index is 0.151. The molecule has 0 unspecified atom stereocenters. The van der Waals surface area contributed by atoms with E-state index in [2.05, 4.69) is 10.3 Å². The Morgan fingerprint density at radius 3 is 2.81 bits per heavy atom. The zero-order valence-corrected chi connectivity index (χ0v) is 14.5. The van der Waals surface area contributed by atoms with Crippen LogP contribution < -0.4 is 10.1 Å². The first-order valence-corrected chi connectivity index (χ1v) is 8.42. The summed E-state index contributed by atoms with van der Waals surface area (Å²) in [5.41, 5.74) is 0.808. The summed E-state index contributed by atoms with van der Waals surface area (Å²) in [4.78, 5) is 30.4. The number of aliphatic hydroxyl groups excluding tert-OH is 1. The molecule has 3 rings (SSSR count). The van der Waals surface area contributed by atoms with E-state index in [9.17, 15) is 14.7 Å². The molecule has 1 aromatic carbocycles. The molecule has 7 heteroatoms. The fourth-order valence-electron chi connectivity index (χ4n) is 2.95. The van der Waals surface area contributed by atoms with Crippen LogP contribution in [0, 0.1) is 0 Å². The smallest absolute Gasteiger partial charge is 0.272 e. The molecule has 1 saturated heterocycles. The number of benzene rings is 1. The molecule has 1 aromatic heterocycles. The predicted molar refractivity (Wildman–Crippen MR) is 95.0 cm³/mol. The highest BCUT2D eigenvalue weighted by Gasteiger charge is 2.32. The second-order valence-corrected chi connectivity index (χ2v) is 6.13. The third kappa shape index (κ3) is 4.00. The first-order chi connectivity index (χ1) is 12.6. The van der Waals surface area contributed by atoms with Gasteiger partial charge < -0.3 is 20.1 Å². The number of β-amino-alcohol motifs (C(OH)–C–C–N with tert-alkyl or cyclic N) is 1. The Balaban J connectivity index is 1.60. The van der Waals surface area contributed by atoms with E-state index in [1.165, 1.54) is 7.11 Å². The van der Waals surface area contributed by atoms with Gasteiger partial charge in [0.1, 0.15) is 11.4 Å². The van der Waals surface area contributed by atoms with Crippen molar-refractivity contribution >= 4 is 11.8 Å². The van der Waals surface area contributed by atoms with Gasteiger partial charge in [-0.2, -0.15) is 0 Å². The van der Waals surface area contributed by atoms with Gasteiger partial charge >= 0.3 is 0 Å². The van der Waals surface area contributed by atoms with Crippen LogP contribution in [0.5, 0.6) is 5.75 Å².